The van der Waals surface area contributed by atoms with E-state index in [0.29, 0.717) is 11.4 Å². The van der Waals surface area contributed by atoms with Crippen molar-refractivity contribution in [2.45, 2.75) is 6.92 Å². The number of carbonyl (C=O) groups is 1. The fourth-order valence-electron chi connectivity index (χ4n) is 3.46. The molecule has 5 rings (SSSR count). The number of para-hydroxylation sites is 2. The Bertz CT molecular complexity index is 1440. The minimum Gasteiger partial charge on any atom is -0.442 e. The predicted molar refractivity (Wildman–Crippen MR) is 113 cm³/mol. The molecular formula is C22H17N5O3. The maximum Gasteiger partial charge on any atom is 0.265 e. The summed E-state index contributed by atoms with van der Waals surface area (Å²) in [6.45, 7) is 1.64. The van der Waals surface area contributed by atoms with Crippen LogP contribution in [-0.4, -0.2) is 25.4 Å². The molecule has 3 heterocycles. The quantitative estimate of drug-likeness (QED) is 0.482. The summed E-state index contributed by atoms with van der Waals surface area (Å²) in [4.78, 5) is 37.3. The zero-order valence-corrected chi connectivity index (χ0v) is 16.3. The van der Waals surface area contributed by atoms with E-state index in [9.17, 15) is 9.59 Å². The van der Waals surface area contributed by atoms with Crippen molar-refractivity contribution in [3.63, 3.8) is 0 Å². The van der Waals surface area contributed by atoms with Crippen LogP contribution in [0.5, 0.6) is 0 Å². The highest BCUT2D eigenvalue weighted by Crippen LogP contribution is 2.24. The Labute approximate surface area is 170 Å². The normalized spacial score (nSPS) is 11.3. The lowest BCUT2D eigenvalue weighted by Crippen LogP contribution is -2.20. The minimum atomic E-state index is -0.423. The lowest BCUT2D eigenvalue weighted by Gasteiger charge is -2.06. The van der Waals surface area contributed by atoms with E-state index in [1.807, 2.05) is 36.4 Å². The number of H-pyrrole nitrogens is 1. The van der Waals surface area contributed by atoms with Crippen LogP contribution in [0.3, 0.4) is 0 Å². The molecule has 3 aromatic heterocycles. The number of aromatic amines is 1. The Morgan fingerprint density at radius 3 is 2.67 bits per heavy atom. The number of carbonyl (C=O) groups excluding carboxylic acids is 1. The van der Waals surface area contributed by atoms with Crippen LogP contribution in [0, 0.1) is 6.92 Å². The SMILES string of the molecule is Cc1oc2ncn(C)c(=O)c2c1C(=O)Nc1ccc(-c2nc3ccccc3[nH]2)cc1. The van der Waals surface area contributed by atoms with E-state index in [0.717, 1.165) is 22.4 Å². The van der Waals surface area contributed by atoms with E-state index >= 15 is 0 Å². The summed E-state index contributed by atoms with van der Waals surface area (Å²) in [6.07, 6.45) is 1.37. The van der Waals surface area contributed by atoms with E-state index in [1.165, 1.54) is 10.9 Å². The van der Waals surface area contributed by atoms with Gasteiger partial charge in [0.1, 0.15) is 23.3 Å². The molecule has 8 nitrogen and oxygen atoms in total. The second kappa shape index (κ2) is 6.70. The molecule has 8 heteroatoms. The summed E-state index contributed by atoms with van der Waals surface area (Å²) in [5.74, 6) is 0.672. The van der Waals surface area contributed by atoms with Crippen LogP contribution in [0.4, 0.5) is 5.69 Å². The number of hydrogen-bond donors (Lipinski definition) is 2. The fourth-order valence-corrected chi connectivity index (χ4v) is 3.46. The smallest absolute Gasteiger partial charge is 0.265 e. The monoisotopic (exact) mass is 399 g/mol. The molecule has 0 aliphatic carbocycles. The lowest BCUT2D eigenvalue weighted by molar-refractivity contribution is 0.102. The number of furan rings is 1. The molecule has 30 heavy (non-hydrogen) atoms. The zero-order chi connectivity index (χ0) is 20.8. The fraction of sp³-hybridized carbons (Fsp3) is 0.0909. The van der Waals surface area contributed by atoms with Crippen LogP contribution in [-0.2, 0) is 7.05 Å². The van der Waals surface area contributed by atoms with Crippen LogP contribution in [0.25, 0.3) is 33.5 Å². The molecule has 0 atom stereocenters. The first-order valence-electron chi connectivity index (χ1n) is 9.32. The lowest BCUT2D eigenvalue weighted by atomic mass is 10.1. The van der Waals surface area contributed by atoms with Crippen molar-refractivity contribution in [1.82, 2.24) is 19.5 Å². The maximum atomic E-state index is 12.9. The molecule has 0 spiro atoms. The molecule has 5 aromatic rings. The summed E-state index contributed by atoms with van der Waals surface area (Å²) in [5, 5.41) is 3.00. The number of amides is 1. The van der Waals surface area contributed by atoms with Gasteiger partial charge in [0.15, 0.2) is 0 Å². The van der Waals surface area contributed by atoms with Crippen LogP contribution < -0.4 is 10.9 Å². The van der Waals surface area contributed by atoms with E-state index in [-0.39, 0.29) is 22.2 Å². The van der Waals surface area contributed by atoms with E-state index in [4.69, 9.17) is 4.42 Å². The number of nitrogens with one attached hydrogen (secondary N) is 2. The molecule has 0 radical (unpaired) electrons. The second-order valence-corrected chi connectivity index (χ2v) is 7.01. The minimum absolute atomic E-state index is 0.154. The third kappa shape index (κ3) is 2.86. The third-order valence-corrected chi connectivity index (χ3v) is 4.98. The first kappa shape index (κ1) is 17.9. The number of rotatable bonds is 3. The molecule has 2 aromatic carbocycles. The largest absolute Gasteiger partial charge is 0.442 e. The molecule has 0 bridgehead atoms. The van der Waals surface area contributed by atoms with Crippen LogP contribution >= 0.6 is 0 Å². The van der Waals surface area contributed by atoms with Crippen molar-refractivity contribution < 1.29 is 9.21 Å². The summed E-state index contributed by atoms with van der Waals surface area (Å²) in [5.41, 5.74) is 3.36. The average molecular weight is 399 g/mol. The van der Waals surface area contributed by atoms with Gasteiger partial charge in [-0.1, -0.05) is 12.1 Å². The molecule has 0 fully saturated rings. The second-order valence-electron chi connectivity index (χ2n) is 7.01. The third-order valence-electron chi connectivity index (χ3n) is 4.98. The van der Waals surface area contributed by atoms with E-state index in [1.54, 1.807) is 26.1 Å². The Kier molecular flexibility index (Phi) is 3.99. The first-order chi connectivity index (χ1) is 14.5. The molecule has 0 aliphatic heterocycles. The van der Waals surface area contributed by atoms with E-state index in [2.05, 4.69) is 20.3 Å². The van der Waals surface area contributed by atoms with Gasteiger partial charge in [-0.2, -0.15) is 0 Å². The molecule has 2 N–H and O–H groups in total. The highest BCUT2D eigenvalue weighted by atomic mass is 16.3. The van der Waals surface area contributed by atoms with Crippen molar-refractivity contribution in [1.29, 1.82) is 0 Å². The van der Waals surface area contributed by atoms with Gasteiger partial charge < -0.3 is 19.3 Å². The van der Waals surface area contributed by atoms with Crippen molar-refractivity contribution in [3.05, 3.63) is 76.5 Å². The number of anilines is 1. The maximum absolute atomic E-state index is 12.9. The highest BCUT2D eigenvalue weighted by Gasteiger charge is 2.22. The van der Waals surface area contributed by atoms with Crippen molar-refractivity contribution >= 4 is 33.7 Å². The number of fused-ring (bicyclic) bond motifs is 2. The first-order valence-corrected chi connectivity index (χ1v) is 9.32. The molecule has 1 amide bonds. The number of benzene rings is 2. The van der Waals surface area contributed by atoms with Crippen LogP contribution in [0.1, 0.15) is 16.1 Å². The Balaban J connectivity index is 1.45. The summed E-state index contributed by atoms with van der Waals surface area (Å²) in [6, 6.07) is 15.1. The van der Waals surface area contributed by atoms with Crippen molar-refractivity contribution in [2.75, 3.05) is 5.32 Å². The van der Waals surface area contributed by atoms with Gasteiger partial charge in [0.25, 0.3) is 11.5 Å². The predicted octanol–water partition coefficient (Wildman–Crippen LogP) is 3.63. The van der Waals surface area contributed by atoms with Gasteiger partial charge in [0.2, 0.25) is 5.71 Å². The number of aryl methyl sites for hydroxylation is 2. The van der Waals surface area contributed by atoms with Crippen LogP contribution in [0.15, 0.2) is 64.1 Å². The number of hydrogen-bond acceptors (Lipinski definition) is 5. The van der Waals surface area contributed by atoms with Gasteiger partial charge in [-0.05, 0) is 43.3 Å². The molecule has 0 saturated heterocycles. The van der Waals surface area contributed by atoms with Gasteiger partial charge in [-0.25, -0.2) is 9.97 Å². The molecule has 0 aliphatic rings. The van der Waals surface area contributed by atoms with E-state index < -0.39 is 5.91 Å². The Morgan fingerprint density at radius 2 is 1.90 bits per heavy atom. The van der Waals surface area contributed by atoms with Crippen molar-refractivity contribution in [3.8, 4) is 11.4 Å². The molecule has 0 unspecified atom stereocenters. The number of imidazole rings is 1. The summed E-state index contributed by atoms with van der Waals surface area (Å²) < 4.78 is 6.82. The van der Waals surface area contributed by atoms with Gasteiger partial charge in [-0.15, -0.1) is 0 Å². The van der Waals surface area contributed by atoms with Crippen molar-refractivity contribution in [2.24, 2.45) is 7.05 Å². The molecular weight excluding hydrogens is 382 g/mol. The number of nitrogens with zero attached hydrogens (tertiary/aromatic N) is 3. The van der Waals surface area contributed by atoms with Crippen LogP contribution in [0.2, 0.25) is 0 Å². The molecule has 0 saturated carbocycles. The zero-order valence-electron chi connectivity index (χ0n) is 16.3. The highest BCUT2D eigenvalue weighted by molar-refractivity contribution is 6.12. The van der Waals surface area contributed by atoms with Gasteiger partial charge in [0, 0.05) is 18.3 Å². The number of aromatic nitrogens is 4. The standard InChI is InChI=1S/C22H17N5O3/c1-12-17(18-21(30-12)23-11-27(2)22(18)29)20(28)24-14-9-7-13(8-10-14)19-25-15-5-3-4-6-16(15)26-19/h3-11H,1-2H3,(H,24,28)(H,25,26). The Hall–Kier alpha value is -4.20. The van der Waals surface area contributed by atoms with Gasteiger partial charge in [-0.3, -0.25) is 9.59 Å². The summed E-state index contributed by atoms with van der Waals surface area (Å²) >= 11 is 0. The summed E-state index contributed by atoms with van der Waals surface area (Å²) in [7, 11) is 1.58. The topological polar surface area (TPSA) is 106 Å². The van der Waals surface area contributed by atoms with Gasteiger partial charge >= 0.3 is 0 Å². The average Bonchev–Trinajstić information content (AvgIpc) is 3.32. The molecule has 148 valence electrons. The van der Waals surface area contributed by atoms with Gasteiger partial charge in [0.05, 0.1) is 16.6 Å². The Morgan fingerprint density at radius 1 is 1.13 bits per heavy atom.